The van der Waals surface area contributed by atoms with Gasteiger partial charge in [-0.1, -0.05) is 38.1 Å². The van der Waals surface area contributed by atoms with Crippen LogP contribution in [0.4, 0.5) is 0 Å². The molecule has 5 heteroatoms. The lowest BCUT2D eigenvalue weighted by Gasteiger charge is -2.10. The van der Waals surface area contributed by atoms with Gasteiger partial charge in [-0.15, -0.1) is 0 Å². The van der Waals surface area contributed by atoms with Gasteiger partial charge in [0.05, 0.1) is 0 Å². The molecule has 0 spiro atoms. The second-order valence-corrected chi connectivity index (χ2v) is 5.28. The molecular formula is C18H20O5. The number of rotatable bonds is 8. The number of para-hydroxylation sites is 1. The van der Waals surface area contributed by atoms with Crippen molar-refractivity contribution in [2.45, 2.75) is 19.8 Å². The van der Waals surface area contributed by atoms with Crippen molar-refractivity contribution in [3.63, 3.8) is 0 Å². The number of carbonyl (C=O) groups is 1. The minimum atomic E-state index is -1.06. The zero-order chi connectivity index (χ0) is 16.7. The third-order valence-corrected chi connectivity index (χ3v) is 3.25. The van der Waals surface area contributed by atoms with Gasteiger partial charge in [-0.2, -0.15) is 4.89 Å². The first-order chi connectivity index (χ1) is 11.1. The van der Waals surface area contributed by atoms with Gasteiger partial charge in [-0.05, 0) is 35.7 Å². The summed E-state index contributed by atoms with van der Waals surface area (Å²) in [6, 6.07) is 14.2. The van der Waals surface area contributed by atoms with E-state index in [0.717, 1.165) is 5.75 Å². The molecule has 0 fully saturated rings. The molecule has 2 rings (SSSR count). The molecule has 0 aliphatic heterocycles. The van der Waals surface area contributed by atoms with Gasteiger partial charge in [0.2, 0.25) is 0 Å². The molecule has 122 valence electrons. The van der Waals surface area contributed by atoms with E-state index in [4.69, 9.17) is 19.6 Å². The van der Waals surface area contributed by atoms with Crippen molar-refractivity contribution >= 4 is 5.97 Å². The van der Waals surface area contributed by atoms with Crippen molar-refractivity contribution in [3.05, 3.63) is 59.7 Å². The maximum atomic E-state index is 11.0. The molecule has 1 N–H and O–H groups in total. The van der Waals surface area contributed by atoms with Crippen molar-refractivity contribution in [2.75, 3.05) is 13.2 Å². The summed E-state index contributed by atoms with van der Waals surface area (Å²) in [5.41, 5.74) is 1.31. The first-order valence-corrected chi connectivity index (χ1v) is 7.42. The molecule has 0 amide bonds. The van der Waals surface area contributed by atoms with E-state index in [0.29, 0.717) is 12.5 Å². The van der Waals surface area contributed by atoms with Gasteiger partial charge in [0, 0.05) is 0 Å². The summed E-state index contributed by atoms with van der Waals surface area (Å²) in [5.74, 6) is 0.339. The van der Waals surface area contributed by atoms with Crippen LogP contribution >= 0.6 is 0 Å². The Hall–Kier alpha value is -2.53. The molecular weight excluding hydrogens is 296 g/mol. The average Bonchev–Trinajstić information content (AvgIpc) is 2.55. The summed E-state index contributed by atoms with van der Waals surface area (Å²) in [6.07, 6.45) is 0. The molecule has 0 unspecified atom stereocenters. The van der Waals surface area contributed by atoms with E-state index in [1.807, 2.05) is 24.3 Å². The average molecular weight is 316 g/mol. The highest BCUT2D eigenvalue weighted by molar-refractivity contribution is 5.90. The van der Waals surface area contributed by atoms with Gasteiger partial charge in [0.25, 0.3) is 0 Å². The number of benzene rings is 2. The summed E-state index contributed by atoms with van der Waals surface area (Å²) < 4.78 is 5.54. The normalized spacial score (nSPS) is 10.6. The van der Waals surface area contributed by atoms with E-state index in [-0.39, 0.29) is 17.9 Å². The molecule has 5 nitrogen and oxygen atoms in total. The Morgan fingerprint density at radius 3 is 2.39 bits per heavy atom. The van der Waals surface area contributed by atoms with E-state index in [2.05, 4.69) is 13.8 Å². The minimum absolute atomic E-state index is 0.0534. The fourth-order valence-electron chi connectivity index (χ4n) is 1.96. The SMILES string of the molecule is CC(C)c1ccc(OCCOOc2ccccc2C(=O)O)cc1. The van der Waals surface area contributed by atoms with Crippen LogP contribution in [0.5, 0.6) is 11.5 Å². The maximum Gasteiger partial charge on any atom is 0.339 e. The molecule has 0 aliphatic carbocycles. The molecule has 23 heavy (non-hydrogen) atoms. The summed E-state index contributed by atoms with van der Waals surface area (Å²) >= 11 is 0. The van der Waals surface area contributed by atoms with Crippen molar-refractivity contribution in [1.29, 1.82) is 0 Å². The Morgan fingerprint density at radius 1 is 1.04 bits per heavy atom. The summed E-state index contributed by atoms with van der Waals surface area (Å²) in [4.78, 5) is 21.0. The van der Waals surface area contributed by atoms with Gasteiger partial charge in [-0.3, -0.25) is 0 Å². The zero-order valence-corrected chi connectivity index (χ0v) is 13.2. The highest BCUT2D eigenvalue weighted by Crippen LogP contribution is 2.19. The van der Waals surface area contributed by atoms with Gasteiger partial charge < -0.3 is 14.7 Å². The van der Waals surface area contributed by atoms with Crippen LogP contribution in [0.25, 0.3) is 0 Å². The largest absolute Gasteiger partial charge is 0.491 e. The molecule has 0 heterocycles. The number of aromatic carboxylic acids is 1. The number of carboxylic acids is 1. The van der Waals surface area contributed by atoms with E-state index >= 15 is 0 Å². The minimum Gasteiger partial charge on any atom is -0.491 e. The van der Waals surface area contributed by atoms with Crippen LogP contribution in [0.3, 0.4) is 0 Å². The predicted molar refractivity (Wildman–Crippen MR) is 86.0 cm³/mol. The number of hydrogen-bond acceptors (Lipinski definition) is 4. The van der Waals surface area contributed by atoms with E-state index in [1.165, 1.54) is 17.7 Å². The Balaban J connectivity index is 1.75. The first-order valence-electron chi connectivity index (χ1n) is 7.42. The second-order valence-electron chi connectivity index (χ2n) is 5.28. The van der Waals surface area contributed by atoms with Crippen molar-refractivity contribution in [3.8, 4) is 11.5 Å². The second kappa shape index (κ2) is 8.19. The van der Waals surface area contributed by atoms with Crippen LogP contribution < -0.4 is 9.62 Å². The molecule has 0 radical (unpaired) electrons. The van der Waals surface area contributed by atoms with E-state index in [9.17, 15) is 4.79 Å². The lowest BCUT2D eigenvalue weighted by atomic mass is 10.0. The van der Waals surface area contributed by atoms with Gasteiger partial charge in [0.15, 0.2) is 5.75 Å². The summed E-state index contributed by atoms with van der Waals surface area (Å²) in [7, 11) is 0. The van der Waals surface area contributed by atoms with Crippen LogP contribution in [-0.4, -0.2) is 24.3 Å². The fraction of sp³-hybridized carbons (Fsp3) is 0.278. The third kappa shape index (κ3) is 5.00. The summed E-state index contributed by atoms with van der Waals surface area (Å²) in [5, 5.41) is 9.02. The van der Waals surface area contributed by atoms with Crippen LogP contribution in [0.1, 0.15) is 35.7 Å². The van der Waals surface area contributed by atoms with E-state index < -0.39 is 5.97 Å². The van der Waals surface area contributed by atoms with Crippen LogP contribution in [0, 0.1) is 0 Å². The Kier molecular flexibility index (Phi) is 6.00. The van der Waals surface area contributed by atoms with Crippen molar-refractivity contribution < 1.29 is 24.4 Å². The molecule has 0 aromatic heterocycles. The van der Waals surface area contributed by atoms with Crippen LogP contribution in [0.2, 0.25) is 0 Å². The highest BCUT2D eigenvalue weighted by Gasteiger charge is 2.10. The van der Waals surface area contributed by atoms with E-state index in [1.54, 1.807) is 12.1 Å². The Morgan fingerprint density at radius 2 is 1.74 bits per heavy atom. The maximum absolute atomic E-state index is 11.0. The molecule has 0 saturated carbocycles. The van der Waals surface area contributed by atoms with Gasteiger partial charge in [-0.25, -0.2) is 4.79 Å². The summed E-state index contributed by atoms with van der Waals surface area (Å²) in [6.45, 7) is 4.75. The third-order valence-electron chi connectivity index (χ3n) is 3.25. The van der Waals surface area contributed by atoms with Crippen molar-refractivity contribution in [2.24, 2.45) is 0 Å². The smallest absolute Gasteiger partial charge is 0.339 e. The molecule has 0 saturated heterocycles. The van der Waals surface area contributed by atoms with Crippen molar-refractivity contribution in [1.82, 2.24) is 0 Å². The number of ether oxygens (including phenoxy) is 1. The van der Waals surface area contributed by atoms with Gasteiger partial charge >= 0.3 is 5.97 Å². The number of hydrogen-bond donors (Lipinski definition) is 1. The molecule has 2 aromatic rings. The molecule has 0 aliphatic rings. The first kappa shape index (κ1) is 16.8. The Bertz CT molecular complexity index is 634. The zero-order valence-electron chi connectivity index (χ0n) is 13.2. The standard InChI is InChI=1S/C18H20O5/c1-13(2)14-7-9-15(10-8-14)21-11-12-22-23-17-6-4-3-5-16(17)18(19)20/h3-10,13H,11-12H2,1-2H3,(H,19,20). The number of carboxylic acid groups (broad SMARTS) is 1. The quantitative estimate of drug-likeness (QED) is 0.454. The van der Waals surface area contributed by atoms with Crippen LogP contribution in [0.15, 0.2) is 48.5 Å². The molecule has 2 aromatic carbocycles. The monoisotopic (exact) mass is 316 g/mol. The molecule has 0 atom stereocenters. The lowest BCUT2D eigenvalue weighted by Crippen LogP contribution is -2.10. The lowest BCUT2D eigenvalue weighted by molar-refractivity contribution is -0.211. The molecule has 0 bridgehead atoms. The fourth-order valence-corrected chi connectivity index (χ4v) is 1.96. The topological polar surface area (TPSA) is 65.0 Å². The van der Waals surface area contributed by atoms with Gasteiger partial charge in [0.1, 0.15) is 24.5 Å². The van der Waals surface area contributed by atoms with Crippen LogP contribution in [-0.2, 0) is 4.89 Å². The predicted octanol–water partition coefficient (Wildman–Crippen LogP) is 3.90. The Labute approximate surface area is 135 Å². The highest BCUT2D eigenvalue weighted by atomic mass is 17.2.